The molecule has 3 nitrogen and oxygen atoms in total. The van der Waals surface area contributed by atoms with Crippen molar-refractivity contribution in [2.24, 2.45) is 0 Å². The van der Waals surface area contributed by atoms with E-state index >= 15 is 0 Å². The van der Waals surface area contributed by atoms with E-state index in [0.29, 0.717) is 11.1 Å². The fraction of sp³-hybridized carbons (Fsp3) is 0.176. The van der Waals surface area contributed by atoms with Crippen molar-refractivity contribution in [3.63, 3.8) is 0 Å². The number of carbonyl (C=O) groups excluding carboxylic acids is 2. The van der Waals surface area contributed by atoms with E-state index in [1.54, 1.807) is 24.3 Å². The maximum atomic E-state index is 12.3. The molecule has 120 valence electrons. The Morgan fingerprint density at radius 3 is 1.70 bits per heavy atom. The number of halogens is 3. The molecule has 0 saturated heterocycles. The molecule has 0 N–H and O–H groups in total. The number of hydrogen-bond acceptors (Lipinski definition) is 3. The van der Waals surface area contributed by atoms with Gasteiger partial charge in [-0.25, -0.2) is 0 Å². The second kappa shape index (κ2) is 6.75. The Bertz CT molecular complexity index is 701. The highest BCUT2D eigenvalue weighted by molar-refractivity contribution is 6.00. The SMILES string of the molecule is COCC(=O)c1ccc(-c2ccc(C(=O)C(F)(F)F)cc2)cc1. The maximum Gasteiger partial charge on any atom is 0.454 e. The third-order valence-electron chi connectivity index (χ3n) is 3.22. The molecule has 0 saturated carbocycles. The molecule has 0 aliphatic heterocycles. The van der Waals surface area contributed by atoms with Crippen LogP contribution < -0.4 is 0 Å². The Hall–Kier alpha value is -2.47. The average Bonchev–Trinajstić information content (AvgIpc) is 2.54. The van der Waals surface area contributed by atoms with Gasteiger partial charge in [0.05, 0.1) is 0 Å². The molecule has 0 spiro atoms. The Morgan fingerprint density at radius 2 is 1.30 bits per heavy atom. The van der Waals surface area contributed by atoms with Crippen molar-refractivity contribution in [2.75, 3.05) is 13.7 Å². The number of Topliss-reactive ketones (excluding diaryl/α,β-unsaturated/α-hetero) is 2. The van der Waals surface area contributed by atoms with Gasteiger partial charge < -0.3 is 4.74 Å². The summed E-state index contributed by atoms with van der Waals surface area (Å²) in [5, 5.41) is 0. The first kappa shape index (κ1) is 16.9. The van der Waals surface area contributed by atoms with Crippen LogP contribution in [-0.2, 0) is 4.74 Å². The van der Waals surface area contributed by atoms with Gasteiger partial charge in [-0.15, -0.1) is 0 Å². The largest absolute Gasteiger partial charge is 0.454 e. The molecule has 0 atom stereocenters. The van der Waals surface area contributed by atoms with Gasteiger partial charge in [0.15, 0.2) is 5.78 Å². The van der Waals surface area contributed by atoms with E-state index in [2.05, 4.69) is 0 Å². The molecule has 23 heavy (non-hydrogen) atoms. The summed E-state index contributed by atoms with van der Waals surface area (Å²) in [6.45, 7) is -0.0202. The van der Waals surface area contributed by atoms with Crippen LogP contribution in [0.15, 0.2) is 48.5 Å². The third-order valence-corrected chi connectivity index (χ3v) is 3.22. The molecule has 0 fully saturated rings. The Morgan fingerprint density at radius 1 is 0.870 bits per heavy atom. The number of ether oxygens (including phenoxy) is 1. The summed E-state index contributed by atoms with van der Waals surface area (Å²) >= 11 is 0. The zero-order valence-corrected chi connectivity index (χ0v) is 12.2. The second-order valence-electron chi connectivity index (χ2n) is 4.84. The fourth-order valence-corrected chi connectivity index (χ4v) is 2.04. The van der Waals surface area contributed by atoms with Crippen LogP contribution in [0.5, 0.6) is 0 Å². The molecule has 0 aromatic heterocycles. The molecule has 0 amide bonds. The van der Waals surface area contributed by atoms with Crippen molar-refractivity contribution < 1.29 is 27.5 Å². The number of rotatable bonds is 5. The lowest BCUT2D eigenvalue weighted by molar-refractivity contribution is -0.0885. The number of hydrogen-bond donors (Lipinski definition) is 0. The van der Waals surface area contributed by atoms with Crippen LogP contribution in [0, 0.1) is 0 Å². The van der Waals surface area contributed by atoms with E-state index in [0.717, 1.165) is 17.7 Å². The van der Waals surface area contributed by atoms with Crippen molar-refractivity contribution in [1.82, 2.24) is 0 Å². The van der Waals surface area contributed by atoms with Crippen molar-refractivity contribution in [3.8, 4) is 11.1 Å². The smallest absolute Gasteiger partial charge is 0.377 e. The van der Waals surface area contributed by atoms with Gasteiger partial charge in [0.25, 0.3) is 5.78 Å². The minimum Gasteiger partial charge on any atom is -0.377 e. The lowest BCUT2D eigenvalue weighted by Crippen LogP contribution is -2.22. The van der Waals surface area contributed by atoms with Crippen molar-refractivity contribution in [3.05, 3.63) is 59.7 Å². The normalized spacial score (nSPS) is 11.3. The molecule has 2 aromatic carbocycles. The Balaban J connectivity index is 2.20. The van der Waals surface area contributed by atoms with Gasteiger partial charge in [-0.05, 0) is 11.1 Å². The first-order valence-corrected chi connectivity index (χ1v) is 6.67. The quantitative estimate of drug-likeness (QED) is 0.784. The van der Waals surface area contributed by atoms with Gasteiger partial charge in [0, 0.05) is 18.2 Å². The monoisotopic (exact) mass is 322 g/mol. The molecule has 0 heterocycles. The third kappa shape index (κ3) is 4.04. The highest BCUT2D eigenvalue weighted by Gasteiger charge is 2.39. The van der Waals surface area contributed by atoms with E-state index < -0.39 is 17.5 Å². The molecular weight excluding hydrogens is 309 g/mol. The molecule has 6 heteroatoms. The summed E-state index contributed by atoms with van der Waals surface area (Å²) in [5.74, 6) is -2.03. The summed E-state index contributed by atoms with van der Waals surface area (Å²) in [4.78, 5) is 22.8. The number of methoxy groups -OCH3 is 1. The molecular formula is C17H13F3O3. The van der Waals surface area contributed by atoms with E-state index in [9.17, 15) is 22.8 Å². The van der Waals surface area contributed by atoms with Crippen molar-refractivity contribution in [1.29, 1.82) is 0 Å². The summed E-state index contributed by atoms with van der Waals surface area (Å²) in [7, 11) is 1.43. The van der Waals surface area contributed by atoms with Crippen LogP contribution in [0.25, 0.3) is 11.1 Å². The number of benzene rings is 2. The van der Waals surface area contributed by atoms with E-state index in [1.807, 2.05) is 0 Å². The molecule has 0 aliphatic rings. The first-order valence-electron chi connectivity index (χ1n) is 6.67. The van der Waals surface area contributed by atoms with Gasteiger partial charge in [-0.3, -0.25) is 9.59 Å². The minimum atomic E-state index is -4.88. The highest BCUT2D eigenvalue weighted by atomic mass is 19.4. The minimum absolute atomic E-state index is 0.0202. The lowest BCUT2D eigenvalue weighted by Gasteiger charge is -2.07. The second-order valence-corrected chi connectivity index (χ2v) is 4.84. The van der Waals surface area contributed by atoms with Gasteiger partial charge >= 0.3 is 6.18 Å². The van der Waals surface area contributed by atoms with Crippen LogP contribution in [0.4, 0.5) is 13.2 Å². The summed E-state index contributed by atoms with van der Waals surface area (Å²) < 4.78 is 41.8. The zero-order chi connectivity index (χ0) is 17.0. The van der Waals surface area contributed by atoms with Gasteiger partial charge in [-0.2, -0.15) is 13.2 Å². The van der Waals surface area contributed by atoms with E-state index in [-0.39, 0.29) is 12.4 Å². The number of carbonyl (C=O) groups is 2. The number of ketones is 2. The van der Waals surface area contributed by atoms with E-state index in [1.165, 1.54) is 19.2 Å². The predicted molar refractivity (Wildman–Crippen MR) is 78.5 cm³/mol. The average molecular weight is 322 g/mol. The molecule has 2 aromatic rings. The van der Waals surface area contributed by atoms with E-state index in [4.69, 9.17) is 4.74 Å². The predicted octanol–water partition coefficient (Wildman–Crippen LogP) is 3.93. The highest BCUT2D eigenvalue weighted by Crippen LogP contribution is 2.25. The van der Waals surface area contributed by atoms with Crippen LogP contribution >= 0.6 is 0 Å². The molecule has 2 rings (SSSR count). The molecule has 0 aliphatic carbocycles. The maximum absolute atomic E-state index is 12.3. The summed E-state index contributed by atoms with van der Waals surface area (Å²) in [5.41, 5.74) is 1.45. The molecule has 0 radical (unpaired) electrons. The fourth-order valence-electron chi connectivity index (χ4n) is 2.04. The van der Waals surface area contributed by atoms with Crippen molar-refractivity contribution >= 4 is 11.6 Å². The van der Waals surface area contributed by atoms with Crippen LogP contribution in [0.2, 0.25) is 0 Å². The van der Waals surface area contributed by atoms with Gasteiger partial charge in [-0.1, -0.05) is 48.5 Å². The Labute approximate surface area is 130 Å². The van der Waals surface area contributed by atoms with Crippen LogP contribution in [0.1, 0.15) is 20.7 Å². The number of alkyl halides is 3. The Kier molecular flexibility index (Phi) is 4.95. The zero-order valence-electron chi connectivity index (χ0n) is 12.2. The molecule has 0 bridgehead atoms. The first-order chi connectivity index (χ1) is 10.8. The summed E-state index contributed by atoms with van der Waals surface area (Å²) in [6.07, 6.45) is -4.88. The van der Waals surface area contributed by atoms with Crippen molar-refractivity contribution in [2.45, 2.75) is 6.18 Å². The standard InChI is InChI=1S/C17H13F3O3/c1-23-10-15(21)13-6-2-11(3-7-13)12-4-8-14(9-5-12)16(22)17(18,19)20/h2-9H,10H2,1H3. The topological polar surface area (TPSA) is 43.4 Å². The van der Waals surface area contributed by atoms with Crippen LogP contribution in [-0.4, -0.2) is 31.5 Å². The molecule has 0 unspecified atom stereocenters. The van der Waals surface area contributed by atoms with Gasteiger partial charge in [0.1, 0.15) is 6.61 Å². The van der Waals surface area contributed by atoms with Crippen LogP contribution in [0.3, 0.4) is 0 Å². The summed E-state index contributed by atoms with van der Waals surface area (Å²) in [6, 6.07) is 11.7. The lowest BCUT2D eigenvalue weighted by atomic mass is 10.0. The van der Waals surface area contributed by atoms with Gasteiger partial charge in [0.2, 0.25) is 0 Å².